The van der Waals surface area contributed by atoms with Gasteiger partial charge >= 0.3 is 11.9 Å². The molecular weight excluding hydrogens is 513 g/mol. The van der Waals surface area contributed by atoms with Crippen LogP contribution in [0.2, 0.25) is 0 Å². The van der Waals surface area contributed by atoms with E-state index in [-0.39, 0.29) is 23.8 Å². The zero-order chi connectivity index (χ0) is 28.7. The van der Waals surface area contributed by atoms with Crippen molar-refractivity contribution < 1.29 is 33.7 Å². The van der Waals surface area contributed by atoms with Crippen molar-refractivity contribution in [3.8, 4) is 0 Å². The number of ketones is 1. The third kappa shape index (κ3) is 10.6. The van der Waals surface area contributed by atoms with E-state index in [1.54, 1.807) is 12.1 Å². The zero-order valence-corrected chi connectivity index (χ0v) is 22.2. The lowest BCUT2D eigenvalue weighted by atomic mass is 10.00. The lowest BCUT2D eigenvalue weighted by molar-refractivity contribution is -0.134. The minimum absolute atomic E-state index is 0.0534. The summed E-state index contributed by atoms with van der Waals surface area (Å²) in [5, 5.41) is 15.6. The second-order valence-corrected chi connectivity index (χ2v) is 9.42. The maximum Gasteiger partial charge on any atom is 0.328 e. The summed E-state index contributed by atoms with van der Waals surface area (Å²) >= 11 is 0. The molecule has 4 rings (SSSR count). The Balaban J connectivity index is 0.000000482. The first-order valence-corrected chi connectivity index (χ1v) is 13.2. The Morgan fingerprint density at radius 1 is 0.825 bits per heavy atom. The molecule has 0 unspecified atom stereocenters. The molecule has 7 nitrogen and oxygen atoms in total. The third-order valence-electron chi connectivity index (χ3n) is 6.48. The van der Waals surface area contributed by atoms with Gasteiger partial charge in [0.1, 0.15) is 11.9 Å². The van der Waals surface area contributed by atoms with Gasteiger partial charge in [-0.15, -0.1) is 0 Å². The highest BCUT2D eigenvalue weighted by Gasteiger charge is 2.24. The van der Waals surface area contributed by atoms with Crippen molar-refractivity contribution in [1.29, 1.82) is 0 Å². The smallest absolute Gasteiger partial charge is 0.328 e. The van der Waals surface area contributed by atoms with Crippen molar-refractivity contribution in [3.63, 3.8) is 0 Å². The fourth-order valence-electron chi connectivity index (χ4n) is 4.45. The second-order valence-electron chi connectivity index (χ2n) is 9.42. The summed E-state index contributed by atoms with van der Waals surface area (Å²) in [6.45, 7) is 2.86. The second kappa shape index (κ2) is 16.1. The van der Waals surface area contributed by atoms with E-state index in [2.05, 4.69) is 53.4 Å². The van der Waals surface area contributed by atoms with Crippen LogP contribution in [0.25, 0.3) is 0 Å². The number of carbonyl (C=O) groups excluding carboxylic acids is 1. The number of carboxylic acid groups (broad SMARTS) is 2. The fraction of sp³-hybridized carbons (Fsp3) is 0.281. The molecule has 1 aliphatic rings. The van der Waals surface area contributed by atoms with Gasteiger partial charge in [-0.3, -0.25) is 4.79 Å². The van der Waals surface area contributed by atoms with Gasteiger partial charge in [0.2, 0.25) is 0 Å². The first kappa shape index (κ1) is 30.4. The molecule has 40 heavy (non-hydrogen) atoms. The zero-order valence-electron chi connectivity index (χ0n) is 22.2. The normalized spacial score (nSPS) is 14.1. The average molecular weight is 548 g/mol. The van der Waals surface area contributed by atoms with E-state index >= 15 is 0 Å². The van der Waals surface area contributed by atoms with Gasteiger partial charge in [0, 0.05) is 37.2 Å². The van der Waals surface area contributed by atoms with E-state index in [1.165, 1.54) is 23.3 Å². The molecule has 0 aromatic heterocycles. The molecule has 0 amide bonds. The van der Waals surface area contributed by atoms with Gasteiger partial charge in [-0.1, -0.05) is 60.7 Å². The molecule has 2 N–H and O–H groups in total. The van der Waals surface area contributed by atoms with Crippen molar-refractivity contribution in [2.24, 2.45) is 0 Å². The number of rotatable bonds is 11. The molecule has 0 aliphatic carbocycles. The highest BCUT2D eigenvalue weighted by molar-refractivity contribution is 5.96. The van der Waals surface area contributed by atoms with E-state index < -0.39 is 11.9 Å². The Bertz CT molecular complexity index is 1180. The van der Waals surface area contributed by atoms with E-state index in [0.717, 1.165) is 38.9 Å². The Kier molecular flexibility index (Phi) is 12.2. The number of halogens is 1. The van der Waals surface area contributed by atoms with Gasteiger partial charge in [-0.05, 0) is 61.2 Å². The molecule has 0 bridgehead atoms. The van der Waals surface area contributed by atoms with Gasteiger partial charge in [-0.2, -0.15) is 0 Å². The maximum atomic E-state index is 13.0. The first-order chi connectivity index (χ1) is 19.3. The van der Waals surface area contributed by atoms with E-state index in [4.69, 9.17) is 14.9 Å². The van der Waals surface area contributed by atoms with Crippen LogP contribution in [-0.2, 0) is 14.3 Å². The van der Waals surface area contributed by atoms with Crippen LogP contribution in [-0.4, -0.2) is 58.6 Å². The van der Waals surface area contributed by atoms with Crippen molar-refractivity contribution >= 4 is 17.7 Å². The number of likely N-dealkylation sites (tertiary alicyclic amines) is 1. The number of hydrogen-bond donors (Lipinski definition) is 2. The molecule has 0 atom stereocenters. The number of Topliss-reactive ketones (excluding diaryl/α,β-unsaturated/α-hetero) is 1. The van der Waals surface area contributed by atoms with E-state index in [0.29, 0.717) is 24.1 Å². The quantitative estimate of drug-likeness (QED) is 0.232. The summed E-state index contributed by atoms with van der Waals surface area (Å²) in [6, 6.07) is 26.6. The topological polar surface area (TPSA) is 104 Å². The Morgan fingerprint density at radius 3 is 1.80 bits per heavy atom. The van der Waals surface area contributed by atoms with Crippen LogP contribution in [0.1, 0.15) is 53.3 Å². The number of hydrogen-bond acceptors (Lipinski definition) is 5. The molecule has 8 heteroatoms. The highest BCUT2D eigenvalue weighted by Crippen LogP contribution is 2.30. The number of benzene rings is 3. The predicted molar refractivity (Wildman–Crippen MR) is 150 cm³/mol. The lowest BCUT2D eigenvalue weighted by Gasteiger charge is -2.34. The monoisotopic (exact) mass is 547 g/mol. The summed E-state index contributed by atoms with van der Waals surface area (Å²) < 4.78 is 19.6. The molecule has 1 heterocycles. The van der Waals surface area contributed by atoms with Crippen LogP contribution < -0.4 is 0 Å². The SMILES string of the molecule is O=C(CCCN1CCC(OC(c2ccccc2)c2ccccc2)CC1)c1ccc(F)cc1.O=C(O)/C=C/C(=O)O. The number of aliphatic carboxylic acids is 2. The Morgan fingerprint density at radius 2 is 1.32 bits per heavy atom. The standard InChI is InChI=1S/C28H30FNO2.C4H4O4/c29-25-15-13-22(14-16-25)27(31)12-7-19-30-20-17-26(18-21-30)32-28(23-8-3-1-4-9-23)24-10-5-2-6-11-24;5-3(6)1-2-4(7)8/h1-6,8-11,13-16,26,28H,7,12,17-21H2;1-2H,(H,5,6)(H,7,8)/b;2-1+. The van der Waals surface area contributed by atoms with Crippen LogP contribution in [0.5, 0.6) is 0 Å². The largest absolute Gasteiger partial charge is 0.478 e. The average Bonchev–Trinajstić information content (AvgIpc) is 2.97. The molecule has 3 aromatic carbocycles. The highest BCUT2D eigenvalue weighted by atomic mass is 19.1. The number of carbonyl (C=O) groups is 3. The van der Waals surface area contributed by atoms with Gasteiger partial charge < -0.3 is 19.8 Å². The third-order valence-corrected chi connectivity index (χ3v) is 6.48. The molecule has 1 saturated heterocycles. The Hall–Kier alpha value is -4.14. The molecule has 210 valence electrons. The number of carboxylic acids is 2. The van der Waals surface area contributed by atoms with Crippen molar-refractivity contribution in [3.05, 3.63) is 120 Å². The number of ether oxygens (including phenoxy) is 1. The summed E-state index contributed by atoms with van der Waals surface area (Å²) in [5.41, 5.74) is 2.95. The van der Waals surface area contributed by atoms with Crippen LogP contribution in [0.15, 0.2) is 97.1 Å². The van der Waals surface area contributed by atoms with Crippen molar-refractivity contribution in [1.82, 2.24) is 4.90 Å². The van der Waals surface area contributed by atoms with Crippen molar-refractivity contribution in [2.45, 2.75) is 37.9 Å². The molecule has 1 aliphatic heterocycles. The molecule has 0 radical (unpaired) electrons. The Labute approximate surface area is 233 Å². The number of piperidine rings is 1. The summed E-state index contributed by atoms with van der Waals surface area (Å²) in [4.78, 5) is 33.8. The first-order valence-electron chi connectivity index (χ1n) is 13.2. The van der Waals surface area contributed by atoms with Crippen LogP contribution in [0.4, 0.5) is 4.39 Å². The van der Waals surface area contributed by atoms with Gasteiger partial charge in [0.25, 0.3) is 0 Å². The predicted octanol–water partition coefficient (Wildman–Crippen LogP) is 5.77. The molecule has 0 spiro atoms. The lowest BCUT2D eigenvalue weighted by Crippen LogP contribution is -2.38. The van der Waals surface area contributed by atoms with Gasteiger partial charge in [-0.25, -0.2) is 14.0 Å². The van der Waals surface area contributed by atoms with Crippen molar-refractivity contribution in [2.75, 3.05) is 19.6 Å². The van der Waals surface area contributed by atoms with Gasteiger partial charge in [0.05, 0.1) is 6.10 Å². The maximum absolute atomic E-state index is 13.0. The van der Waals surface area contributed by atoms with Crippen LogP contribution in [0, 0.1) is 5.82 Å². The van der Waals surface area contributed by atoms with E-state index in [9.17, 15) is 18.8 Å². The van der Waals surface area contributed by atoms with Gasteiger partial charge in [0.15, 0.2) is 5.78 Å². The molecule has 1 fully saturated rings. The molecule has 3 aromatic rings. The number of nitrogens with zero attached hydrogens (tertiary/aromatic N) is 1. The fourth-order valence-corrected chi connectivity index (χ4v) is 4.45. The van der Waals surface area contributed by atoms with Crippen LogP contribution >= 0.6 is 0 Å². The minimum atomic E-state index is -1.26. The van der Waals surface area contributed by atoms with Crippen LogP contribution in [0.3, 0.4) is 0 Å². The minimum Gasteiger partial charge on any atom is -0.478 e. The molecule has 0 saturated carbocycles. The summed E-state index contributed by atoms with van der Waals surface area (Å²) in [5.74, 6) is -2.75. The summed E-state index contributed by atoms with van der Waals surface area (Å²) in [6.07, 6.45) is 4.57. The summed E-state index contributed by atoms with van der Waals surface area (Å²) in [7, 11) is 0. The van der Waals surface area contributed by atoms with E-state index in [1.807, 2.05) is 12.1 Å². The molecular formula is C32H34FNO6.